The predicted octanol–water partition coefficient (Wildman–Crippen LogP) is 6.46. The van der Waals surface area contributed by atoms with Crippen molar-refractivity contribution in [1.29, 1.82) is 0 Å². The Bertz CT molecular complexity index is 1320. The van der Waals surface area contributed by atoms with E-state index in [4.69, 9.17) is 0 Å². The molecule has 5 rings (SSSR count). The summed E-state index contributed by atoms with van der Waals surface area (Å²) in [6.45, 7) is 2.20. The minimum Gasteiger partial charge on any atom is -0.200 e. The number of rotatable bonds is 2. The third-order valence-corrected chi connectivity index (χ3v) is 5.64. The van der Waals surface area contributed by atoms with Gasteiger partial charge in [-0.15, -0.1) is 0 Å². The van der Waals surface area contributed by atoms with Crippen molar-refractivity contribution in [2.24, 2.45) is 7.05 Å². The van der Waals surface area contributed by atoms with Gasteiger partial charge in [-0.1, -0.05) is 72.8 Å². The highest BCUT2D eigenvalue weighted by molar-refractivity contribution is 6.10. The Hall–Kier alpha value is -3.45. The molecule has 5 aromatic rings. The standard InChI is InChI=1S/C27H22N/c1-19-12-13-22(20-8-4-3-5-9-20)18-26(19)27-25-15-14-21-10-6-7-11-23(21)24(25)16-17-28(27)2/h3-18H,1-2H3/q+1. The van der Waals surface area contributed by atoms with Crippen molar-refractivity contribution >= 4 is 21.5 Å². The van der Waals surface area contributed by atoms with Crippen molar-refractivity contribution in [3.05, 3.63) is 103 Å². The molecule has 1 heterocycles. The number of nitrogens with zero attached hydrogens (tertiary/aromatic N) is 1. The third-order valence-electron chi connectivity index (χ3n) is 5.64. The van der Waals surface area contributed by atoms with Gasteiger partial charge in [0, 0.05) is 11.5 Å². The summed E-state index contributed by atoms with van der Waals surface area (Å²) >= 11 is 0. The first-order chi connectivity index (χ1) is 13.7. The van der Waals surface area contributed by atoms with Crippen LogP contribution in [-0.4, -0.2) is 0 Å². The molecule has 0 atom stereocenters. The Labute approximate surface area is 165 Å². The molecule has 1 heteroatoms. The Morgan fingerprint density at radius 3 is 2.25 bits per heavy atom. The van der Waals surface area contributed by atoms with Gasteiger partial charge in [0.25, 0.3) is 0 Å². The fourth-order valence-electron chi connectivity index (χ4n) is 4.15. The molecule has 0 radical (unpaired) electrons. The van der Waals surface area contributed by atoms with Crippen molar-refractivity contribution in [3.63, 3.8) is 0 Å². The van der Waals surface area contributed by atoms with Crippen molar-refractivity contribution in [2.75, 3.05) is 0 Å². The van der Waals surface area contributed by atoms with Crippen LogP contribution < -0.4 is 4.57 Å². The van der Waals surface area contributed by atoms with Gasteiger partial charge in [0.15, 0.2) is 6.20 Å². The Morgan fingerprint density at radius 1 is 0.607 bits per heavy atom. The molecule has 0 fully saturated rings. The van der Waals surface area contributed by atoms with Crippen molar-refractivity contribution in [3.8, 4) is 22.4 Å². The van der Waals surface area contributed by atoms with Crippen LogP contribution in [-0.2, 0) is 7.05 Å². The molecule has 28 heavy (non-hydrogen) atoms. The monoisotopic (exact) mass is 360 g/mol. The SMILES string of the molecule is Cc1ccc(-c2ccccc2)cc1-c1c2ccc3ccccc3c2cc[n+]1C. The number of benzene rings is 4. The molecule has 1 nitrogen and oxygen atoms in total. The molecular formula is C27H22N+. The topological polar surface area (TPSA) is 3.88 Å². The molecule has 0 N–H and O–H groups in total. The van der Waals surface area contributed by atoms with Crippen LogP contribution in [0.15, 0.2) is 97.2 Å². The average Bonchev–Trinajstić information content (AvgIpc) is 2.75. The number of pyridine rings is 1. The lowest BCUT2D eigenvalue weighted by atomic mass is 9.93. The van der Waals surface area contributed by atoms with Gasteiger partial charge in [0.05, 0.1) is 10.9 Å². The van der Waals surface area contributed by atoms with Crippen LogP contribution in [0.3, 0.4) is 0 Å². The van der Waals surface area contributed by atoms with Gasteiger partial charge >= 0.3 is 0 Å². The van der Waals surface area contributed by atoms with Gasteiger partial charge in [-0.05, 0) is 46.5 Å². The lowest BCUT2D eigenvalue weighted by Crippen LogP contribution is -2.30. The fraction of sp³-hybridized carbons (Fsp3) is 0.0741. The number of fused-ring (bicyclic) bond motifs is 3. The van der Waals surface area contributed by atoms with Crippen molar-refractivity contribution in [1.82, 2.24) is 0 Å². The first kappa shape index (κ1) is 16.7. The van der Waals surface area contributed by atoms with Gasteiger partial charge in [0.2, 0.25) is 5.69 Å². The number of aryl methyl sites for hydroxylation is 2. The van der Waals surface area contributed by atoms with E-state index in [0.717, 1.165) is 0 Å². The molecule has 0 amide bonds. The van der Waals surface area contributed by atoms with Crippen LogP contribution in [0.2, 0.25) is 0 Å². The molecule has 134 valence electrons. The highest BCUT2D eigenvalue weighted by atomic mass is 14.9. The van der Waals surface area contributed by atoms with Crippen LogP contribution >= 0.6 is 0 Å². The molecule has 0 bridgehead atoms. The summed E-state index contributed by atoms with van der Waals surface area (Å²) < 4.78 is 2.24. The quantitative estimate of drug-likeness (QED) is 0.251. The highest BCUT2D eigenvalue weighted by Crippen LogP contribution is 2.34. The van der Waals surface area contributed by atoms with Crippen LogP contribution in [0, 0.1) is 6.92 Å². The second-order valence-electron chi connectivity index (χ2n) is 7.42. The summed E-state index contributed by atoms with van der Waals surface area (Å²) in [5, 5.41) is 5.18. The van der Waals surface area contributed by atoms with E-state index in [1.165, 1.54) is 49.5 Å². The van der Waals surface area contributed by atoms with Gasteiger partial charge in [0.1, 0.15) is 7.05 Å². The number of hydrogen-bond acceptors (Lipinski definition) is 0. The molecule has 0 unspecified atom stereocenters. The average molecular weight is 360 g/mol. The van der Waals surface area contributed by atoms with Crippen LogP contribution in [0.25, 0.3) is 43.9 Å². The van der Waals surface area contributed by atoms with E-state index < -0.39 is 0 Å². The molecule has 0 saturated carbocycles. The second-order valence-corrected chi connectivity index (χ2v) is 7.42. The summed E-state index contributed by atoms with van der Waals surface area (Å²) in [6, 6.07) is 32.7. The Balaban J connectivity index is 1.82. The van der Waals surface area contributed by atoms with E-state index in [2.05, 4.69) is 116 Å². The van der Waals surface area contributed by atoms with Crippen LogP contribution in [0.1, 0.15) is 5.56 Å². The maximum atomic E-state index is 2.33. The first-order valence-electron chi connectivity index (χ1n) is 9.69. The van der Waals surface area contributed by atoms with E-state index >= 15 is 0 Å². The molecule has 0 aliphatic heterocycles. The van der Waals surface area contributed by atoms with E-state index in [0.29, 0.717) is 0 Å². The highest BCUT2D eigenvalue weighted by Gasteiger charge is 2.18. The molecule has 4 aromatic carbocycles. The van der Waals surface area contributed by atoms with Crippen molar-refractivity contribution in [2.45, 2.75) is 6.92 Å². The lowest BCUT2D eigenvalue weighted by molar-refractivity contribution is -0.659. The first-order valence-corrected chi connectivity index (χ1v) is 9.69. The Kier molecular flexibility index (Phi) is 3.95. The molecule has 0 spiro atoms. The summed E-state index contributed by atoms with van der Waals surface area (Å²) in [5.74, 6) is 0. The minimum absolute atomic E-state index is 1.25. The zero-order valence-corrected chi connectivity index (χ0v) is 16.2. The predicted molar refractivity (Wildman–Crippen MR) is 118 cm³/mol. The molecule has 0 aliphatic carbocycles. The zero-order chi connectivity index (χ0) is 19.1. The van der Waals surface area contributed by atoms with Crippen LogP contribution in [0.4, 0.5) is 0 Å². The van der Waals surface area contributed by atoms with E-state index in [1.807, 2.05) is 0 Å². The number of aromatic nitrogens is 1. The fourth-order valence-corrected chi connectivity index (χ4v) is 4.15. The van der Waals surface area contributed by atoms with Gasteiger partial charge in [-0.3, -0.25) is 0 Å². The normalized spacial score (nSPS) is 11.2. The summed E-state index contributed by atoms with van der Waals surface area (Å²) in [4.78, 5) is 0. The summed E-state index contributed by atoms with van der Waals surface area (Å²) in [6.07, 6.45) is 2.18. The van der Waals surface area contributed by atoms with E-state index in [9.17, 15) is 0 Å². The lowest BCUT2D eigenvalue weighted by Gasteiger charge is -2.11. The van der Waals surface area contributed by atoms with E-state index in [1.54, 1.807) is 0 Å². The maximum Gasteiger partial charge on any atom is 0.220 e. The molecule has 1 aromatic heterocycles. The largest absolute Gasteiger partial charge is 0.220 e. The van der Waals surface area contributed by atoms with E-state index in [-0.39, 0.29) is 0 Å². The van der Waals surface area contributed by atoms with Gasteiger partial charge in [-0.25, -0.2) is 4.57 Å². The maximum absolute atomic E-state index is 2.33. The van der Waals surface area contributed by atoms with Crippen LogP contribution in [0.5, 0.6) is 0 Å². The van der Waals surface area contributed by atoms with Gasteiger partial charge in [-0.2, -0.15) is 0 Å². The number of hydrogen-bond donors (Lipinski definition) is 0. The van der Waals surface area contributed by atoms with Gasteiger partial charge < -0.3 is 0 Å². The third kappa shape index (κ3) is 2.68. The smallest absolute Gasteiger partial charge is 0.200 e. The summed E-state index contributed by atoms with van der Waals surface area (Å²) in [5.41, 5.74) is 6.33. The summed E-state index contributed by atoms with van der Waals surface area (Å²) in [7, 11) is 2.14. The zero-order valence-electron chi connectivity index (χ0n) is 16.2. The minimum atomic E-state index is 1.25. The van der Waals surface area contributed by atoms with Crippen molar-refractivity contribution < 1.29 is 4.57 Å². The molecule has 0 saturated heterocycles. The Morgan fingerprint density at radius 2 is 1.39 bits per heavy atom. The second kappa shape index (κ2) is 6.61. The molecular weight excluding hydrogens is 338 g/mol. The molecule has 0 aliphatic rings.